The number of nitrogens with one attached hydrogen (secondary N) is 1. The maximum atomic E-state index is 11.7. The highest BCUT2D eigenvalue weighted by Gasteiger charge is 2.33. The van der Waals surface area contributed by atoms with Crippen LogP contribution in [0.5, 0.6) is 0 Å². The van der Waals surface area contributed by atoms with Crippen molar-refractivity contribution in [3.05, 3.63) is 59.1 Å². The van der Waals surface area contributed by atoms with Crippen LogP contribution in [-0.4, -0.2) is 45.2 Å². The number of rotatable bonds is 7. The highest BCUT2D eigenvalue weighted by atomic mass is 35.5. The van der Waals surface area contributed by atoms with Crippen LogP contribution >= 0.6 is 11.6 Å². The lowest BCUT2D eigenvalue weighted by Crippen LogP contribution is -2.28. The van der Waals surface area contributed by atoms with Crippen molar-refractivity contribution in [2.75, 3.05) is 17.3 Å². The van der Waals surface area contributed by atoms with Gasteiger partial charge in [0.05, 0.1) is 11.3 Å². The Morgan fingerprint density at radius 3 is 2.58 bits per heavy atom. The lowest BCUT2D eigenvalue weighted by Gasteiger charge is -2.36. The Kier molecular flexibility index (Phi) is 6.46. The van der Waals surface area contributed by atoms with Crippen LogP contribution in [-0.2, 0) is 16.9 Å². The number of anilines is 2. The third kappa shape index (κ3) is 5.08. The van der Waals surface area contributed by atoms with Gasteiger partial charge in [0, 0.05) is 37.3 Å². The number of halogens is 1. The first kappa shape index (κ1) is 24.6. The van der Waals surface area contributed by atoms with E-state index in [4.69, 9.17) is 16.6 Å². The topological polar surface area (TPSA) is 103 Å². The molecule has 0 saturated heterocycles. The lowest BCUT2D eigenvalue weighted by molar-refractivity contribution is 0.292. The monoisotopic (exact) mass is 524 g/mol. The molecule has 0 amide bonds. The third-order valence-corrected chi connectivity index (χ3v) is 8.10. The standard InChI is InChI=1S/C26H29ClN6O2S/c1-15(2)18-5-6-19(17-9-16(10-17)14-36(4,34)35)21-12-29-24(11-20(18)21)30-23-7-8-28-26(31-23)22-13-33(3)32-25(22)27/h5-8,11-13,15-17H,9-10,14H2,1-4H3,(H,28,29,30,31). The molecule has 1 fully saturated rings. The molecule has 1 aliphatic carbocycles. The fourth-order valence-electron chi connectivity index (χ4n) is 5.07. The molecule has 188 valence electrons. The van der Waals surface area contributed by atoms with E-state index in [2.05, 4.69) is 52.4 Å². The third-order valence-electron chi connectivity index (χ3n) is 6.74. The van der Waals surface area contributed by atoms with E-state index in [1.807, 2.05) is 6.20 Å². The Bertz CT molecular complexity index is 1540. The molecular formula is C26H29ClN6O2S. The average Bonchev–Trinajstić information content (AvgIpc) is 3.12. The number of hydrogen-bond donors (Lipinski definition) is 1. The molecule has 5 rings (SSSR count). The summed E-state index contributed by atoms with van der Waals surface area (Å²) >= 11 is 6.23. The quantitative estimate of drug-likeness (QED) is 0.341. The van der Waals surface area contributed by atoms with Gasteiger partial charge in [0.1, 0.15) is 21.5 Å². The fraction of sp³-hybridized carbons (Fsp3) is 0.385. The van der Waals surface area contributed by atoms with Crippen molar-refractivity contribution in [2.45, 2.75) is 38.5 Å². The number of hydrogen-bond acceptors (Lipinski definition) is 7. The average molecular weight is 525 g/mol. The second-order valence-electron chi connectivity index (χ2n) is 10.0. The lowest BCUT2D eigenvalue weighted by atomic mass is 9.71. The number of fused-ring (bicyclic) bond motifs is 1. The molecule has 1 saturated carbocycles. The Morgan fingerprint density at radius 1 is 1.14 bits per heavy atom. The highest BCUT2D eigenvalue weighted by Crippen LogP contribution is 2.45. The minimum absolute atomic E-state index is 0.235. The number of nitrogens with zero attached hydrogens (tertiary/aromatic N) is 5. The number of sulfone groups is 1. The van der Waals surface area contributed by atoms with Gasteiger partial charge < -0.3 is 5.32 Å². The minimum Gasteiger partial charge on any atom is -0.325 e. The molecule has 0 unspecified atom stereocenters. The second kappa shape index (κ2) is 9.44. The fourth-order valence-corrected chi connectivity index (χ4v) is 6.45. The van der Waals surface area contributed by atoms with Gasteiger partial charge in [-0.2, -0.15) is 5.10 Å². The van der Waals surface area contributed by atoms with Crippen molar-refractivity contribution in [2.24, 2.45) is 13.0 Å². The molecule has 1 aliphatic rings. The molecule has 0 aliphatic heterocycles. The summed E-state index contributed by atoms with van der Waals surface area (Å²) in [5.74, 6) is 2.98. The van der Waals surface area contributed by atoms with Crippen molar-refractivity contribution in [3.63, 3.8) is 0 Å². The Hall–Kier alpha value is -3.04. The number of aryl methyl sites for hydroxylation is 1. The Balaban J connectivity index is 1.45. The molecule has 0 bridgehead atoms. The van der Waals surface area contributed by atoms with E-state index < -0.39 is 9.84 Å². The molecule has 1 N–H and O–H groups in total. The molecule has 3 aromatic heterocycles. The number of pyridine rings is 1. The molecule has 3 heterocycles. The second-order valence-corrected chi connectivity index (χ2v) is 12.6. The normalized spacial score (nSPS) is 17.9. The molecule has 10 heteroatoms. The molecule has 0 atom stereocenters. The molecule has 36 heavy (non-hydrogen) atoms. The molecule has 1 aromatic carbocycles. The predicted molar refractivity (Wildman–Crippen MR) is 144 cm³/mol. The van der Waals surface area contributed by atoms with E-state index >= 15 is 0 Å². The smallest absolute Gasteiger partial charge is 0.166 e. The van der Waals surface area contributed by atoms with E-state index in [-0.39, 0.29) is 11.7 Å². The zero-order chi connectivity index (χ0) is 25.6. The van der Waals surface area contributed by atoms with Gasteiger partial charge in [0.25, 0.3) is 0 Å². The van der Waals surface area contributed by atoms with Gasteiger partial charge in [0.2, 0.25) is 0 Å². The van der Waals surface area contributed by atoms with Crippen LogP contribution in [0.4, 0.5) is 11.6 Å². The van der Waals surface area contributed by atoms with E-state index in [9.17, 15) is 8.42 Å². The van der Waals surface area contributed by atoms with Crippen LogP contribution in [0.2, 0.25) is 5.15 Å². The summed E-state index contributed by atoms with van der Waals surface area (Å²) in [6.45, 7) is 4.36. The van der Waals surface area contributed by atoms with Crippen molar-refractivity contribution in [3.8, 4) is 11.4 Å². The summed E-state index contributed by atoms with van der Waals surface area (Å²) in [5.41, 5.74) is 3.15. The van der Waals surface area contributed by atoms with Crippen molar-refractivity contribution in [1.82, 2.24) is 24.7 Å². The summed E-state index contributed by atoms with van der Waals surface area (Å²) in [7, 11) is -1.15. The predicted octanol–water partition coefficient (Wildman–Crippen LogP) is 5.48. The van der Waals surface area contributed by atoms with E-state index in [1.54, 1.807) is 30.2 Å². The molecular weight excluding hydrogens is 496 g/mol. The summed E-state index contributed by atoms with van der Waals surface area (Å²) in [6.07, 6.45) is 8.48. The van der Waals surface area contributed by atoms with Crippen LogP contribution in [0.15, 0.2) is 42.9 Å². The maximum absolute atomic E-state index is 11.7. The zero-order valence-electron chi connectivity index (χ0n) is 20.7. The van der Waals surface area contributed by atoms with Gasteiger partial charge in [-0.1, -0.05) is 37.6 Å². The SMILES string of the molecule is CC(C)c1ccc(C2CC(CS(C)(=O)=O)C2)c2cnc(Nc3ccnc(-c4cn(C)nc4Cl)n3)cc12. The van der Waals surface area contributed by atoms with Crippen LogP contribution in [0, 0.1) is 5.92 Å². The molecule has 0 spiro atoms. The van der Waals surface area contributed by atoms with Gasteiger partial charge >= 0.3 is 0 Å². The van der Waals surface area contributed by atoms with Gasteiger partial charge in [-0.3, -0.25) is 4.68 Å². The zero-order valence-corrected chi connectivity index (χ0v) is 22.3. The molecule has 0 radical (unpaired) electrons. The van der Waals surface area contributed by atoms with Gasteiger partial charge in [-0.15, -0.1) is 0 Å². The number of benzene rings is 1. The first-order valence-electron chi connectivity index (χ1n) is 12.0. The first-order valence-corrected chi connectivity index (χ1v) is 14.4. The van der Waals surface area contributed by atoms with E-state index in [0.717, 1.165) is 23.6 Å². The van der Waals surface area contributed by atoms with Crippen molar-refractivity contribution < 1.29 is 8.42 Å². The van der Waals surface area contributed by atoms with Crippen LogP contribution in [0.25, 0.3) is 22.2 Å². The highest BCUT2D eigenvalue weighted by molar-refractivity contribution is 7.90. The summed E-state index contributed by atoms with van der Waals surface area (Å²) in [6, 6.07) is 8.25. The van der Waals surface area contributed by atoms with Gasteiger partial charge in [-0.25, -0.2) is 23.4 Å². The van der Waals surface area contributed by atoms with E-state index in [1.165, 1.54) is 17.4 Å². The Morgan fingerprint density at radius 2 is 1.92 bits per heavy atom. The van der Waals surface area contributed by atoms with Crippen LogP contribution < -0.4 is 5.32 Å². The van der Waals surface area contributed by atoms with Crippen LogP contribution in [0.1, 0.15) is 49.7 Å². The molecule has 4 aromatic rings. The van der Waals surface area contributed by atoms with Crippen molar-refractivity contribution >= 4 is 43.8 Å². The maximum Gasteiger partial charge on any atom is 0.166 e. The van der Waals surface area contributed by atoms with E-state index in [0.29, 0.717) is 40.0 Å². The number of aromatic nitrogens is 5. The van der Waals surface area contributed by atoms with Gasteiger partial charge in [-0.05, 0) is 59.2 Å². The molecule has 8 nitrogen and oxygen atoms in total. The largest absolute Gasteiger partial charge is 0.325 e. The minimum atomic E-state index is -2.95. The summed E-state index contributed by atoms with van der Waals surface area (Å²) < 4.78 is 25.0. The summed E-state index contributed by atoms with van der Waals surface area (Å²) in [5, 5.41) is 10.1. The van der Waals surface area contributed by atoms with Crippen LogP contribution in [0.3, 0.4) is 0 Å². The Labute approximate surface area is 216 Å². The first-order chi connectivity index (χ1) is 17.1. The van der Waals surface area contributed by atoms with Crippen molar-refractivity contribution in [1.29, 1.82) is 0 Å². The summed E-state index contributed by atoms with van der Waals surface area (Å²) in [4.78, 5) is 13.6. The van der Waals surface area contributed by atoms with Gasteiger partial charge in [0.15, 0.2) is 11.0 Å².